The van der Waals surface area contributed by atoms with Gasteiger partial charge in [0.15, 0.2) is 0 Å². The molecule has 0 aliphatic rings. The van der Waals surface area contributed by atoms with Crippen molar-refractivity contribution in [3.63, 3.8) is 0 Å². The third kappa shape index (κ3) is 5.68. The van der Waals surface area contributed by atoms with Gasteiger partial charge in [0.1, 0.15) is 0 Å². The third-order valence-corrected chi connectivity index (χ3v) is 18.0. The van der Waals surface area contributed by atoms with Crippen LogP contribution in [0.4, 0.5) is 119 Å². The molecule has 1 rings (SSSR count). The number of rotatable bonds is 12. The van der Waals surface area contributed by atoms with Gasteiger partial charge in [0.2, 0.25) is 0 Å². The van der Waals surface area contributed by atoms with Crippen molar-refractivity contribution in [1.29, 1.82) is 0 Å². The van der Waals surface area contributed by atoms with Crippen molar-refractivity contribution in [3.8, 4) is 0 Å². The molecule has 48 heavy (non-hydrogen) atoms. The van der Waals surface area contributed by atoms with Gasteiger partial charge in [-0.25, -0.2) is 0 Å². The Labute approximate surface area is 249 Å². The van der Waals surface area contributed by atoms with Crippen molar-refractivity contribution >= 4 is 18.8 Å². The zero-order valence-electron chi connectivity index (χ0n) is 21.2. The van der Waals surface area contributed by atoms with Crippen LogP contribution in [0.2, 0.25) is 0 Å². The van der Waals surface area contributed by atoms with Crippen molar-refractivity contribution in [2.24, 2.45) is 0 Å². The number of benzene rings is 1. The summed E-state index contributed by atoms with van der Waals surface area (Å²) in [6.45, 7) is -3.35. The molecule has 0 aliphatic heterocycles. The topological polar surface area (TPSA) is 9.23 Å². The Morgan fingerprint density at radius 2 is 0.583 bits per heavy atom. The quantitative estimate of drug-likeness (QED) is 0.150. The molecule has 0 aliphatic carbocycles. The first-order valence-corrected chi connectivity index (χ1v) is 16.3. The average molecular weight is 883 g/mol. The molecule has 0 spiro atoms. The minimum absolute atomic E-state index is 0.00155. The van der Waals surface area contributed by atoms with E-state index in [1.165, 1.54) is 0 Å². The number of hydrogen-bond acceptors (Lipinski definition) is 1. The Hall–Kier alpha value is -1.91. The van der Waals surface area contributed by atoms with E-state index in [4.69, 9.17) is 0 Å². The van der Waals surface area contributed by atoms with Crippen molar-refractivity contribution < 1.29 is 122 Å². The summed E-state index contributed by atoms with van der Waals surface area (Å²) in [6, 6.07) is 1.40. The summed E-state index contributed by atoms with van der Waals surface area (Å²) in [5, 5.41) is 0. The molecule has 282 valence electrons. The van der Waals surface area contributed by atoms with Crippen LogP contribution in [-0.2, 0) is 9.68 Å². The second-order valence-electron chi connectivity index (χ2n) is 9.12. The number of halogens is 27. The zero-order valence-corrected chi connectivity index (χ0v) is 24.1. The molecule has 0 unspecified atom stereocenters. The van der Waals surface area contributed by atoms with Gasteiger partial charge in [-0.15, -0.1) is 0 Å². The standard InChI is InChI=1S/C7H7O.3C4F9.Sn/c8-6-7-4-2-1-3-5-7;3*5-1(6)2(7,8)3(9,10)4(11,12)13;/h1-5H,6H2;;;;/q-1;;;;+1. The van der Waals surface area contributed by atoms with Crippen LogP contribution in [-0.4, -0.2) is 84.7 Å². The Balaban J connectivity index is 4.87. The second kappa shape index (κ2) is 11.8. The molecule has 0 saturated heterocycles. The van der Waals surface area contributed by atoms with Crippen molar-refractivity contribution in [3.05, 3.63) is 35.9 Å². The third-order valence-electron chi connectivity index (χ3n) is 6.06. The molecule has 0 radical (unpaired) electrons. The summed E-state index contributed by atoms with van der Waals surface area (Å²) >= 11 is -13.6. The Morgan fingerprint density at radius 3 is 0.792 bits per heavy atom. The summed E-state index contributed by atoms with van der Waals surface area (Å²) in [6.07, 6.45) is -25.5. The molecule has 0 bridgehead atoms. The second-order valence-corrected chi connectivity index (χ2v) is 19.2. The minimum atomic E-state index is -13.6. The van der Waals surface area contributed by atoms with Crippen LogP contribution >= 0.6 is 0 Å². The summed E-state index contributed by atoms with van der Waals surface area (Å²) in [5.74, 6) is -55.7. The van der Waals surface area contributed by atoms with E-state index >= 15 is 26.3 Å². The fourth-order valence-corrected chi connectivity index (χ4v) is 14.6. The molecule has 0 heterocycles. The fraction of sp³-hybridized carbons (Fsp3) is 0.684. The Morgan fingerprint density at radius 1 is 0.354 bits per heavy atom. The molecule has 0 atom stereocenters. The van der Waals surface area contributed by atoms with Crippen molar-refractivity contribution in [2.45, 2.75) is 72.5 Å². The van der Waals surface area contributed by atoms with Crippen LogP contribution in [0.5, 0.6) is 0 Å². The van der Waals surface area contributed by atoms with Crippen molar-refractivity contribution in [1.82, 2.24) is 0 Å². The van der Waals surface area contributed by atoms with Gasteiger partial charge in [-0.1, -0.05) is 0 Å². The van der Waals surface area contributed by atoms with Gasteiger partial charge < -0.3 is 0 Å². The number of hydrogen-bond donors (Lipinski definition) is 0. The van der Waals surface area contributed by atoms with E-state index < -0.39 is 96.8 Å². The molecule has 0 saturated carbocycles. The van der Waals surface area contributed by atoms with Crippen LogP contribution in [0.1, 0.15) is 5.56 Å². The molecule has 0 fully saturated rings. The molecular formula is C19H7F27OSn. The van der Waals surface area contributed by atoms with E-state index in [0.717, 1.165) is 0 Å². The molecule has 29 heteroatoms. The SMILES string of the molecule is FC(F)(F)C(F)(F)C(F)(F)[C](F)(F)[Sn]([O]Cc1ccccc1)([C](F)(F)C(F)(F)C(F)(F)C(F)(F)F)[C](F)(F)C(F)(F)C(F)(F)C(F)(F)F. The monoisotopic (exact) mass is 884 g/mol. The van der Waals surface area contributed by atoms with E-state index in [1.807, 2.05) is 0 Å². The zero-order chi connectivity index (χ0) is 39.0. The molecule has 0 aromatic heterocycles. The normalized spacial score (nSPS) is 16.4. The molecule has 1 nitrogen and oxygen atoms in total. The van der Waals surface area contributed by atoms with Gasteiger partial charge in [0.25, 0.3) is 0 Å². The maximum atomic E-state index is 15.2. The van der Waals surface area contributed by atoms with Gasteiger partial charge in [-0.3, -0.25) is 0 Å². The predicted octanol–water partition coefficient (Wildman–Crippen LogP) is 10.2. The number of alkyl halides is 27. The summed E-state index contributed by atoms with van der Waals surface area (Å²) in [4.78, 5) is 0. The van der Waals surface area contributed by atoms with Gasteiger partial charge in [-0.05, 0) is 0 Å². The van der Waals surface area contributed by atoms with Crippen LogP contribution < -0.4 is 0 Å². The van der Waals surface area contributed by atoms with Crippen LogP contribution in [0.15, 0.2) is 30.3 Å². The van der Waals surface area contributed by atoms with E-state index in [1.54, 1.807) is 0 Å². The molecule has 1 aromatic carbocycles. The predicted molar refractivity (Wildman–Crippen MR) is 99.7 cm³/mol. The van der Waals surface area contributed by atoms with E-state index in [-0.39, 0.29) is 12.1 Å². The van der Waals surface area contributed by atoms with E-state index in [9.17, 15) is 92.2 Å². The van der Waals surface area contributed by atoms with Gasteiger partial charge in [0.05, 0.1) is 0 Å². The first kappa shape index (κ1) is 44.1. The van der Waals surface area contributed by atoms with Crippen LogP contribution in [0.25, 0.3) is 0 Å². The molecule has 0 amide bonds. The molecular weight excluding hydrogens is 876 g/mol. The van der Waals surface area contributed by atoms with Crippen molar-refractivity contribution in [2.75, 3.05) is 0 Å². The fourth-order valence-electron chi connectivity index (χ4n) is 3.42. The first-order valence-electron chi connectivity index (χ1n) is 10.9. The maximum absolute atomic E-state index is 15.2. The first-order chi connectivity index (χ1) is 20.6. The summed E-state index contributed by atoms with van der Waals surface area (Å²) in [5.41, 5.74) is -1.68. The molecule has 0 N–H and O–H groups in total. The Kier molecular flexibility index (Phi) is 10.9. The van der Waals surface area contributed by atoms with Gasteiger partial charge in [0, 0.05) is 0 Å². The molecule has 1 aromatic rings. The van der Waals surface area contributed by atoms with Crippen LogP contribution in [0.3, 0.4) is 0 Å². The van der Waals surface area contributed by atoms with Gasteiger partial charge >= 0.3 is 249 Å². The van der Waals surface area contributed by atoms with E-state index in [2.05, 4.69) is 3.07 Å². The summed E-state index contributed by atoms with van der Waals surface area (Å²) in [7, 11) is 0. The van der Waals surface area contributed by atoms with Gasteiger partial charge in [-0.2, -0.15) is 0 Å². The Bertz CT molecular complexity index is 1150. The summed E-state index contributed by atoms with van der Waals surface area (Å²) < 4.78 is 347. The van der Waals surface area contributed by atoms with Crippen LogP contribution in [0, 0.1) is 0 Å². The van der Waals surface area contributed by atoms with E-state index in [0.29, 0.717) is 18.2 Å². The average Bonchev–Trinajstić information content (AvgIpc) is 2.86.